The lowest BCUT2D eigenvalue weighted by molar-refractivity contribution is 0.0445. The highest BCUT2D eigenvalue weighted by Crippen LogP contribution is 2.49. The summed E-state index contributed by atoms with van der Waals surface area (Å²) < 4.78 is 0. The first-order chi connectivity index (χ1) is 13.2. The number of nitrogens with zero attached hydrogens (tertiary/aromatic N) is 1. The number of aromatic nitrogens is 1. The van der Waals surface area contributed by atoms with Crippen LogP contribution < -0.4 is 16.0 Å². The van der Waals surface area contributed by atoms with Gasteiger partial charge in [-0.1, -0.05) is 24.3 Å². The Labute approximate surface area is 159 Å². The van der Waals surface area contributed by atoms with Crippen molar-refractivity contribution in [3.63, 3.8) is 0 Å². The number of amides is 1. The molecular formula is C21H26N4O2. The fourth-order valence-corrected chi connectivity index (χ4v) is 4.54. The van der Waals surface area contributed by atoms with Crippen LogP contribution in [0.2, 0.25) is 0 Å². The maximum atomic E-state index is 12.1. The number of hydrogen-bond donors (Lipinski definition) is 4. The minimum absolute atomic E-state index is 0.0999. The van der Waals surface area contributed by atoms with Gasteiger partial charge in [0.1, 0.15) is 0 Å². The van der Waals surface area contributed by atoms with Crippen LogP contribution in [0.25, 0.3) is 0 Å². The Morgan fingerprint density at radius 1 is 1.15 bits per heavy atom. The molecule has 6 nitrogen and oxygen atoms in total. The molecule has 1 aromatic heterocycles. The van der Waals surface area contributed by atoms with Gasteiger partial charge in [0.25, 0.3) is 5.91 Å². The van der Waals surface area contributed by atoms with E-state index < -0.39 is 6.10 Å². The van der Waals surface area contributed by atoms with E-state index in [-0.39, 0.29) is 17.4 Å². The summed E-state index contributed by atoms with van der Waals surface area (Å²) in [6, 6.07) is 11.7. The molecule has 27 heavy (non-hydrogen) atoms. The molecule has 2 aromatic rings. The van der Waals surface area contributed by atoms with Gasteiger partial charge in [-0.05, 0) is 49.2 Å². The molecule has 2 heterocycles. The summed E-state index contributed by atoms with van der Waals surface area (Å²) in [6.07, 6.45) is 4.66. The first-order valence-corrected chi connectivity index (χ1v) is 9.62. The van der Waals surface area contributed by atoms with Gasteiger partial charge in [0.2, 0.25) is 0 Å². The molecule has 2 aliphatic rings. The number of carbonyl (C=O) groups is 1. The number of aliphatic hydroxyl groups excluding tert-OH is 1. The quantitative estimate of drug-likeness (QED) is 0.596. The fourth-order valence-electron chi connectivity index (χ4n) is 4.54. The molecule has 1 aliphatic carbocycles. The Hall–Kier alpha value is -2.28. The van der Waals surface area contributed by atoms with Gasteiger partial charge in [0.05, 0.1) is 12.1 Å². The number of rotatable bonds is 5. The van der Waals surface area contributed by atoms with Crippen molar-refractivity contribution in [2.24, 2.45) is 0 Å². The summed E-state index contributed by atoms with van der Waals surface area (Å²) in [5.74, 6) is -0.110. The molecule has 0 radical (unpaired) electrons. The second-order valence-electron chi connectivity index (χ2n) is 7.36. The van der Waals surface area contributed by atoms with E-state index in [0.717, 1.165) is 25.9 Å². The number of aliphatic hydroxyl groups is 1. The SMILES string of the molecule is O=C(NCCN[C@@H]1c2ccccc2C2(CCNCC2)[C@H]1O)c1ccncc1. The third kappa shape index (κ3) is 3.36. The van der Waals surface area contributed by atoms with E-state index in [0.29, 0.717) is 18.7 Å². The number of carbonyl (C=O) groups excluding carboxylic acids is 1. The van der Waals surface area contributed by atoms with Crippen LogP contribution in [0, 0.1) is 0 Å². The smallest absolute Gasteiger partial charge is 0.251 e. The molecule has 6 heteroatoms. The molecule has 0 bridgehead atoms. The van der Waals surface area contributed by atoms with Crippen molar-refractivity contribution in [2.45, 2.75) is 30.4 Å². The van der Waals surface area contributed by atoms with Crippen molar-refractivity contribution in [3.8, 4) is 0 Å². The van der Waals surface area contributed by atoms with Gasteiger partial charge in [0, 0.05) is 36.5 Å². The van der Waals surface area contributed by atoms with Crippen LogP contribution in [-0.2, 0) is 5.41 Å². The van der Waals surface area contributed by atoms with Gasteiger partial charge in [-0.2, -0.15) is 0 Å². The zero-order valence-electron chi connectivity index (χ0n) is 15.3. The molecule has 1 saturated heterocycles. The van der Waals surface area contributed by atoms with Crippen LogP contribution in [-0.4, -0.2) is 48.3 Å². The fraction of sp³-hybridized carbons (Fsp3) is 0.429. The lowest BCUT2D eigenvalue weighted by Gasteiger charge is -2.39. The van der Waals surface area contributed by atoms with Crippen molar-refractivity contribution < 1.29 is 9.90 Å². The van der Waals surface area contributed by atoms with E-state index in [9.17, 15) is 9.90 Å². The Morgan fingerprint density at radius 3 is 2.67 bits per heavy atom. The summed E-state index contributed by atoms with van der Waals surface area (Å²) >= 11 is 0. The van der Waals surface area contributed by atoms with Crippen molar-refractivity contribution in [1.82, 2.24) is 20.9 Å². The molecule has 1 aromatic carbocycles. The van der Waals surface area contributed by atoms with Crippen molar-refractivity contribution in [2.75, 3.05) is 26.2 Å². The normalized spacial score (nSPS) is 23.1. The van der Waals surface area contributed by atoms with Gasteiger partial charge in [0.15, 0.2) is 0 Å². The van der Waals surface area contributed by atoms with E-state index in [1.165, 1.54) is 11.1 Å². The minimum Gasteiger partial charge on any atom is -0.390 e. The predicted octanol–water partition coefficient (Wildman–Crippen LogP) is 1.14. The Kier molecular flexibility index (Phi) is 5.20. The van der Waals surface area contributed by atoms with Crippen LogP contribution in [0.15, 0.2) is 48.8 Å². The Balaban J connectivity index is 1.40. The number of benzene rings is 1. The molecule has 4 N–H and O–H groups in total. The van der Waals surface area contributed by atoms with Crippen LogP contribution in [0.4, 0.5) is 0 Å². The average Bonchev–Trinajstić information content (AvgIpc) is 2.95. The maximum Gasteiger partial charge on any atom is 0.251 e. The molecule has 1 spiro atoms. The average molecular weight is 366 g/mol. The van der Waals surface area contributed by atoms with Gasteiger partial charge >= 0.3 is 0 Å². The van der Waals surface area contributed by atoms with E-state index in [1.807, 2.05) is 6.07 Å². The number of nitrogens with one attached hydrogen (secondary N) is 3. The molecule has 2 atom stereocenters. The molecular weight excluding hydrogens is 340 g/mol. The van der Waals surface area contributed by atoms with Crippen LogP contribution >= 0.6 is 0 Å². The molecule has 142 valence electrons. The topological polar surface area (TPSA) is 86.3 Å². The first-order valence-electron chi connectivity index (χ1n) is 9.62. The zero-order valence-corrected chi connectivity index (χ0v) is 15.3. The number of piperidine rings is 1. The predicted molar refractivity (Wildman–Crippen MR) is 104 cm³/mol. The highest BCUT2D eigenvalue weighted by atomic mass is 16.3. The maximum absolute atomic E-state index is 12.1. The van der Waals surface area contributed by atoms with E-state index >= 15 is 0 Å². The Morgan fingerprint density at radius 2 is 1.89 bits per heavy atom. The van der Waals surface area contributed by atoms with Crippen molar-refractivity contribution in [1.29, 1.82) is 0 Å². The monoisotopic (exact) mass is 366 g/mol. The van der Waals surface area contributed by atoms with Crippen LogP contribution in [0.1, 0.15) is 40.4 Å². The third-order valence-electron chi connectivity index (χ3n) is 5.93. The molecule has 1 amide bonds. The highest BCUT2D eigenvalue weighted by Gasteiger charge is 2.51. The summed E-state index contributed by atoms with van der Waals surface area (Å²) in [7, 11) is 0. The standard InChI is InChI=1S/C21H26N4O2/c26-19-18(24-13-14-25-20(27)15-5-9-22-10-6-15)16-3-1-2-4-17(16)21(19)7-11-23-12-8-21/h1-6,9-10,18-19,23-24,26H,7-8,11-14H2,(H,25,27)/t18-,19+/m1/s1. The first kappa shape index (κ1) is 18.1. The lowest BCUT2D eigenvalue weighted by Crippen LogP contribution is -2.48. The molecule has 0 saturated carbocycles. The molecule has 0 unspecified atom stereocenters. The van der Waals surface area contributed by atoms with Crippen molar-refractivity contribution >= 4 is 5.91 Å². The minimum atomic E-state index is -0.451. The van der Waals surface area contributed by atoms with E-state index in [1.54, 1.807) is 24.5 Å². The third-order valence-corrected chi connectivity index (χ3v) is 5.93. The summed E-state index contributed by atoms with van der Waals surface area (Å²) in [5.41, 5.74) is 2.90. The molecule has 1 aliphatic heterocycles. The van der Waals surface area contributed by atoms with Crippen LogP contribution in [0.5, 0.6) is 0 Å². The van der Waals surface area contributed by atoms with Crippen molar-refractivity contribution in [3.05, 3.63) is 65.5 Å². The molecule has 4 rings (SSSR count). The lowest BCUT2D eigenvalue weighted by atomic mass is 9.72. The summed E-state index contributed by atoms with van der Waals surface area (Å²) in [5, 5.41) is 21.0. The number of fused-ring (bicyclic) bond motifs is 2. The van der Waals surface area contributed by atoms with Gasteiger partial charge < -0.3 is 21.1 Å². The summed E-state index contributed by atoms with van der Waals surface area (Å²) in [4.78, 5) is 16.0. The number of pyridine rings is 1. The highest BCUT2D eigenvalue weighted by molar-refractivity contribution is 5.93. The second-order valence-corrected chi connectivity index (χ2v) is 7.36. The van der Waals surface area contributed by atoms with E-state index in [2.05, 4.69) is 39.1 Å². The van der Waals surface area contributed by atoms with Gasteiger partial charge in [-0.15, -0.1) is 0 Å². The Bertz CT molecular complexity index is 790. The van der Waals surface area contributed by atoms with E-state index in [4.69, 9.17) is 0 Å². The second kappa shape index (κ2) is 7.76. The summed E-state index contributed by atoms with van der Waals surface area (Å²) in [6.45, 7) is 2.96. The van der Waals surface area contributed by atoms with Gasteiger partial charge in [-0.25, -0.2) is 0 Å². The number of hydrogen-bond acceptors (Lipinski definition) is 5. The van der Waals surface area contributed by atoms with Gasteiger partial charge in [-0.3, -0.25) is 9.78 Å². The largest absolute Gasteiger partial charge is 0.390 e. The zero-order chi connectivity index (χ0) is 18.7. The molecule has 1 fully saturated rings. The van der Waals surface area contributed by atoms with Crippen LogP contribution in [0.3, 0.4) is 0 Å².